The van der Waals surface area contributed by atoms with Gasteiger partial charge in [0.2, 0.25) is 0 Å². The first-order valence-electron chi connectivity index (χ1n) is 3.80. The molecule has 1 rings (SSSR count). The Morgan fingerprint density at radius 2 is 1.91 bits per heavy atom. The van der Waals surface area contributed by atoms with Gasteiger partial charge in [-0.1, -0.05) is 13.8 Å². The van der Waals surface area contributed by atoms with Gasteiger partial charge in [-0.25, -0.2) is 0 Å². The Morgan fingerprint density at radius 1 is 1.36 bits per heavy atom. The summed E-state index contributed by atoms with van der Waals surface area (Å²) >= 11 is 0. The molecule has 0 spiro atoms. The van der Waals surface area contributed by atoms with E-state index < -0.39 is 0 Å². The maximum absolute atomic E-state index is 5.81. The Kier molecular flexibility index (Phi) is 2.59. The molecule has 0 aromatic carbocycles. The highest BCUT2D eigenvalue weighted by atomic mass is 15.5. The van der Waals surface area contributed by atoms with Gasteiger partial charge in [-0.05, 0) is 5.92 Å². The summed E-state index contributed by atoms with van der Waals surface area (Å²) in [6.07, 6.45) is 3.32. The fourth-order valence-corrected chi connectivity index (χ4v) is 0.737. The van der Waals surface area contributed by atoms with E-state index in [9.17, 15) is 0 Å². The molecule has 0 saturated heterocycles. The third-order valence-electron chi connectivity index (χ3n) is 1.70. The van der Waals surface area contributed by atoms with E-state index in [2.05, 4.69) is 24.0 Å². The van der Waals surface area contributed by atoms with Crippen molar-refractivity contribution in [3.8, 4) is 0 Å². The van der Waals surface area contributed by atoms with Crippen LogP contribution in [0.2, 0.25) is 0 Å². The minimum absolute atomic E-state index is 0.141. The van der Waals surface area contributed by atoms with Crippen LogP contribution in [0.3, 0.4) is 0 Å². The summed E-state index contributed by atoms with van der Waals surface area (Å²) in [6.45, 7) is 4.88. The molecular weight excluding hydrogens is 140 g/mol. The summed E-state index contributed by atoms with van der Waals surface area (Å²) < 4.78 is 0. The van der Waals surface area contributed by atoms with Crippen molar-refractivity contribution < 1.29 is 0 Å². The van der Waals surface area contributed by atoms with E-state index in [0.717, 1.165) is 0 Å². The summed E-state index contributed by atoms with van der Waals surface area (Å²) in [5, 5.41) is 7.93. The van der Waals surface area contributed by atoms with E-state index in [4.69, 9.17) is 5.73 Å². The molecule has 4 heteroatoms. The van der Waals surface area contributed by atoms with E-state index in [0.29, 0.717) is 12.5 Å². The number of aromatic nitrogens is 3. The zero-order valence-electron chi connectivity index (χ0n) is 6.94. The SMILES string of the molecule is CC(C)[C@@H](N)Cn1nccn1. The van der Waals surface area contributed by atoms with Crippen molar-refractivity contribution >= 4 is 0 Å². The molecular formula is C7H14N4. The fraction of sp³-hybridized carbons (Fsp3) is 0.714. The molecule has 0 aliphatic heterocycles. The fourth-order valence-electron chi connectivity index (χ4n) is 0.737. The highest BCUT2D eigenvalue weighted by Crippen LogP contribution is 1.99. The van der Waals surface area contributed by atoms with Crippen LogP contribution in [0.15, 0.2) is 12.4 Å². The number of rotatable bonds is 3. The molecule has 0 unspecified atom stereocenters. The maximum atomic E-state index is 5.81. The highest BCUT2D eigenvalue weighted by Gasteiger charge is 2.08. The zero-order chi connectivity index (χ0) is 8.27. The summed E-state index contributed by atoms with van der Waals surface area (Å²) in [4.78, 5) is 1.62. The Hall–Kier alpha value is -0.900. The van der Waals surface area contributed by atoms with Crippen molar-refractivity contribution in [1.29, 1.82) is 0 Å². The highest BCUT2D eigenvalue weighted by molar-refractivity contribution is 4.66. The number of hydrogen-bond donors (Lipinski definition) is 1. The van der Waals surface area contributed by atoms with Gasteiger partial charge in [0, 0.05) is 6.04 Å². The molecule has 1 aromatic heterocycles. The standard InChI is InChI=1S/C7H14N4/c1-6(2)7(8)5-11-9-3-4-10-11/h3-4,6-7H,5,8H2,1-2H3/t7-/m0/s1. The molecule has 0 fully saturated rings. The molecule has 62 valence electrons. The lowest BCUT2D eigenvalue weighted by atomic mass is 10.1. The van der Waals surface area contributed by atoms with E-state index in [1.54, 1.807) is 17.2 Å². The van der Waals surface area contributed by atoms with Gasteiger partial charge in [0.15, 0.2) is 0 Å². The van der Waals surface area contributed by atoms with Gasteiger partial charge >= 0.3 is 0 Å². The molecule has 0 aliphatic rings. The van der Waals surface area contributed by atoms with Crippen LogP contribution in [-0.2, 0) is 6.54 Å². The third-order valence-corrected chi connectivity index (χ3v) is 1.70. The lowest BCUT2D eigenvalue weighted by molar-refractivity contribution is 0.387. The van der Waals surface area contributed by atoms with Crippen LogP contribution in [0.5, 0.6) is 0 Å². The summed E-state index contributed by atoms with van der Waals surface area (Å²) in [6, 6.07) is 0.141. The Morgan fingerprint density at radius 3 is 2.36 bits per heavy atom. The van der Waals surface area contributed by atoms with Gasteiger partial charge in [-0.2, -0.15) is 15.0 Å². The summed E-state index contributed by atoms with van der Waals surface area (Å²) in [5.74, 6) is 0.473. The van der Waals surface area contributed by atoms with E-state index in [-0.39, 0.29) is 6.04 Å². The van der Waals surface area contributed by atoms with Crippen LogP contribution in [-0.4, -0.2) is 21.0 Å². The molecule has 2 N–H and O–H groups in total. The van der Waals surface area contributed by atoms with Gasteiger partial charge in [-0.3, -0.25) is 0 Å². The lowest BCUT2D eigenvalue weighted by Crippen LogP contribution is -2.32. The molecule has 0 bridgehead atoms. The number of hydrogen-bond acceptors (Lipinski definition) is 3. The third kappa shape index (κ3) is 2.31. The molecule has 0 amide bonds. The molecule has 1 atom stereocenters. The van der Waals surface area contributed by atoms with Crippen molar-refractivity contribution in [2.24, 2.45) is 11.7 Å². The maximum Gasteiger partial charge on any atom is 0.0760 e. The Balaban J connectivity index is 2.43. The lowest BCUT2D eigenvalue weighted by Gasteiger charge is -2.13. The average molecular weight is 154 g/mol. The monoisotopic (exact) mass is 154 g/mol. The van der Waals surface area contributed by atoms with E-state index in [1.165, 1.54) is 0 Å². The van der Waals surface area contributed by atoms with Crippen molar-refractivity contribution in [2.45, 2.75) is 26.4 Å². The van der Waals surface area contributed by atoms with Gasteiger partial charge in [0.05, 0.1) is 18.9 Å². The van der Waals surface area contributed by atoms with Gasteiger partial charge in [-0.15, -0.1) is 0 Å². The molecule has 1 aromatic rings. The van der Waals surface area contributed by atoms with Crippen LogP contribution in [0.25, 0.3) is 0 Å². The molecule has 11 heavy (non-hydrogen) atoms. The van der Waals surface area contributed by atoms with Crippen LogP contribution in [0.1, 0.15) is 13.8 Å². The van der Waals surface area contributed by atoms with E-state index in [1.807, 2.05) is 0 Å². The number of nitrogens with two attached hydrogens (primary N) is 1. The van der Waals surface area contributed by atoms with Crippen molar-refractivity contribution in [3.05, 3.63) is 12.4 Å². The Bertz CT molecular complexity index is 192. The number of nitrogens with zero attached hydrogens (tertiary/aromatic N) is 3. The average Bonchev–Trinajstić information content (AvgIpc) is 2.39. The van der Waals surface area contributed by atoms with Crippen LogP contribution < -0.4 is 5.73 Å². The smallest absolute Gasteiger partial charge is 0.0760 e. The molecule has 4 nitrogen and oxygen atoms in total. The second-order valence-corrected chi connectivity index (χ2v) is 2.99. The van der Waals surface area contributed by atoms with Gasteiger partial charge in [0.25, 0.3) is 0 Å². The minimum Gasteiger partial charge on any atom is -0.326 e. The molecule has 0 saturated carbocycles. The predicted octanol–water partition coefficient (Wildman–Crippen LogP) is 0.261. The van der Waals surface area contributed by atoms with Crippen molar-refractivity contribution in [2.75, 3.05) is 0 Å². The summed E-state index contributed by atoms with van der Waals surface area (Å²) in [7, 11) is 0. The summed E-state index contributed by atoms with van der Waals surface area (Å²) in [5.41, 5.74) is 5.81. The first-order chi connectivity index (χ1) is 5.20. The van der Waals surface area contributed by atoms with Crippen molar-refractivity contribution in [3.63, 3.8) is 0 Å². The normalized spacial score (nSPS) is 13.8. The topological polar surface area (TPSA) is 56.7 Å². The van der Waals surface area contributed by atoms with Crippen molar-refractivity contribution in [1.82, 2.24) is 15.0 Å². The minimum atomic E-state index is 0.141. The first kappa shape index (κ1) is 8.20. The van der Waals surface area contributed by atoms with E-state index >= 15 is 0 Å². The van der Waals surface area contributed by atoms with Gasteiger partial charge < -0.3 is 5.73 Å². The predicted molar refractivity (Wildman–Crippen MR) is 42.8 cm³/mol. The quantitative estimate of drug-likeness (QED) is 0.679. The van der Waals surface area contributed by atoms with Crippen LogP contribution >= 0.6 is 0 Å². The second kappa shape index (κ2) is 3.48. The molecule has 0 radical (unpaired) electrons. The van der Waals surface area contributed by atoms with Crippen LogP contribution in [0, 0.1) is 5.92 Å². The van der Waals surface area contributed by atoms with Crippen LogP contribution in [0.4, 0.5) is 0 Å². The zero-order valence-corrected chi connectivity index (χ0v) is 6.94. The molecule has 1 heterocycles. The largest absolute Gasteiger partial charge is 0.326 e. The first-order valence-corrected chi connectivity index (χ1v) is 3.80. The Labute approximate surface area is 66.4 Å². The van der Waals surface area contributed by atoms with Gasteiger partial charge in [0.1, 0.15) is 0 Å². The molecule has 0 aliphatic carbocycles. The second-order valence-electron chi connectivity index (χ2n) is 2.99.